The molecule has 0 radical (unpaired) electrons. The van der Waals surface area contributed by atoms with Gasteiger partial charge in [0.1, 0.15) is 6.04 Å². The molecule has 2 N–H and O–H groups in total. The van der Waals surface area contributed by atoms with Gasteiger partial charge in [0, 0.05) is 12.5 Å². The summed E-state index contributed by atoms with van der Waals surface area (Å²) in [7, 11) is -3.78. The van der Waals surface area contributed by atoms with Crippen molar-refractivity contribution in [3.63, 3.8) is 0 Å². The van der Waals surface area contributed by atoms with E-state index in [9.17, 15) is 13.2 Å². The van der Waals surface area contributed by atoms with Crippen LogP contribution in [0.4, 0.5) is 0 Å². The minimum absolute atomic E-state index is 0.157. The van der Waals surface area contributed by atoms with Crippen molar-refractivity contribution in [2.45, 2.75) is 44.0 Å². The molecule has 0 aliphatic heterocycles. The van der Waals surface area contributed by atoms with Gasteiger partial charge in [-0.3, -0.25) is 4.79 Å². The van der Waals surface area contributed by atoms with Gasteiger partial charge in [-0.2, -0.15) is 16.5 Å². The molecule has 2 aromatic carbocycles. The minimum atomic E-state index is -3.78. The molecule has 2 aromatic rings. The molecule has 0 saturated carbocycles. The molecule has 0 aliphatic rings. The minimum Gasteiger partial charge on any atom is -0.354 e. The molecule has 0 fully saturated rings. The summed E-state index contributed by atoms with van der Waals surface area (Å²) >= 11 is 1.58. The molecule has 30 heavy (non-hydrogen) atoms. The highest BCUT2D eigenvalue weighted by Gasteiger charge is 2.26. The monoisotopic (exact) mass is 448 g/mol. The molecule has 164 valence electrons. The highest BCUT2D eigenvalue weighted by Crippen LogP contribution is 2.23. The Bertz CT molecular complexity index is 898. The van der Waals surface area contributed by atoms with Crippen LogP contribution in [-0.4, -0.2) is 38.9 Å². The molecule has 2 atom stereocenters. The number of carbonyl (C=O) groups is 1. The van der Waals surface area contributed by atoms with Gasteiger partial charge in [0.15, 0.2) is 0 Å². The van der Waals surface area contributed by atoms with E-state index in [1.807, 2.05) is 31.4 Å². The SMILES string of the molecule is CSCCC(NS(=O)(=O)c1ccc(C)cc1)C(=O)NCC(c1ccccc1)C(C)C. The van der Waals surface area contributed by atoms with Gasteiger partial charge >= 0.3 is 0 Å². The number of amides is 1. The van der Waals surface area contributed by atoms with Crippen LogP contribution in [0.3, 0.4) is 0 Å². The summed E-state index contributed by atoms with van der Waals surface area (Å²) < 4.78 is 28.2. The van der Waals surface area contributed by atoms with Crippen LogP contribution in [-0.2, 0) is 14.8 Å². The first kappa shape index (κ1) is 24.4. The van der Waals surface area contributed by atoms with E-state index in [1.54, 1.807) is 36.0 Å². The van der Waals surface area contributed by atoms with E-state index in [1.165, 1.54) is 0 Å². The van der Waals surface area contributed by atoms with Crippen LogP contribution in [0.2, 0.25) is 0 Å². The maximum absolute atomic E-state index is 12.9. The molecule has 0 saturated heterocycles. The summed E-state index contributed by atoms with van der Waals surface area (Å²) in [6.07, 6.45) is 2.36. The number of hydrogen-bond donors (Lipinski definition) is 2. The zero-order valence-electron chi connectivity index (χ0n) is 18.1. The van der Waals surface area contributed by atoms with Crippen LogP contribution in [0.1, 0.15) is 37.3 Å². The summed E-state index contributed by atoms with van der Waals surface area (Å²) in [6, 6.07) is 15.9. The quantitative estimate of drug-likeness (QED) is 0.546. The second-order valence-corrected chi connectivity index (χ2v) is 10.5. The first-order chi connectivity index (χ1) is 14.2. The van der Waals surface area contributed by atoms with Gasteiger partial charge in [0.05, 0.1) is 4.90 Å². The van der Waals surface area contributed by atoms with Crippen molar-refractivity contribution >= 4 is 27.7 Å². The van der Waals surface area contributed by atoms with Crippen molar-refractivity contribution in [2.24, 2.45) is 5.92 Å². The molecule has 1 amide bonds. The summed E-state index contributed by atoms with van der Waals surface area (Å²) in [4.78, 5) is 13.1. The Labute approximate surface area is 185 Å². The van der Waals surface area contributed by atoms with E-state index in [0.29, 0.717) is 24.6 Å². The maximum Gasteiger partial charge on any atom is 0.241 e. The van der Waals surface area contributed by atoms with Crippen LogP contribution in [0, 0.1) is 12.8 Å². The lowest BCUT2D eigenvalue weighted by molar-refractivity contribution is -0.122. The molecule has 5 nitrogen and oxygen atoms in total. The Kier molecular flexibility index (Phi) is 9.39. The lowest BCUT2D eigenvalue weighted by atomic mass is 9.88. The van der Waals surface area contributed by atoms with Crippen LogP contribution < -0.4 is 10.0 Å². The third-order valence-corrected chi connectivity index (χ3v) is 7.22. The molecule has 0 aromatic heterocycles. The normalized spacial score (nSPS) is 13.8. The van der Waals surface area contributed by atoms with E-state index in [4.69, 9.17) is 0 Å². The highest BCUT2D eigenvalue weighted by atomic mass is 32.2. The molecule has 0 bridgehead atoms. The average molecular weight is 449 g/mol. The number of nitrogens with one attached hydrogen (secondary N) is 2. The second-order valence-electron chi connectivity index (χ2n) is 7.77. The number of thioether (sulfide) groups is 1. The fraction of sp³-hybridized carbons (Fsp3) is 0.435. The lowest BCUT2D eigenvalue weighted by Crippen LogP contribution is -2.48. The maximum atomic E-state index is 12.9. The fourth-order valence-electron chi connectivity index (χ4n) is 3.22. The number of sulfonamides is 1. The molecule has 0 heterocycles. The lowest BCUT2D eigenvalue weighted by Gasteiger charge is -2.24. The Morgan fingerprint density at radius 1 is 1.03 bits per heavy atom. The topological polar surface area (TPSA) is 75.3 Å². The predicted molar refractivity (Wildman–Crippen MR) is 125 cm³/mol. The summed E-state index contributed by atoms with van der Waals surface area (Å²) in [5.41, 5.74) is 2.14. The van der Waals surface area contributed by atoms with Crippen LogP contribution >= 0.6 is 11.8 Å². The van der Waals surface area contributed by atoms with Gasteiger partial charge in [0.2, 0.25) is 15.9 Å². The standard InChI is InChI=1S/C23H32N2O3S2/c1-17(2)21(19-8-6-5-7-9-19)16-24-23(26)22(14-15-29-4)25-30(27,28)20-12-10-18(3)11-13-20/h5-13,17,21-22,25H,14-16H2,1-4H3,(H,24,26). The van der Waals surface area contributed by atoms with E-state index in [-0.39, 0.29) is 16.7 Å². The number of benzene rings is 2. The molecule has 7 heteroatoms. The van der Waals surface area contributed by atoms with Crippen molar-refractivity contribution in [3.05, 3.63) is 65.7 Å². The number of rotatable bonds is 11. The molecule has 2 unspecified atom stereocenters. The van der Waals surface area contributed by atoms with Crippen molar-refractivity contribution in [1.29, 1.82) is 0 Å². The number of carbonyl (C=O) groups excluding carboxylic acids is 1. The Hall–Kier alpha value is -1.83. The molecule has 0 aliphatic carbocycles. The van der Waals surface area contributed by atoms with Crippen molar-refractivity contribution < 1.29 is 13.2 Å². The van der Waals surface area contributed by atoms with Crippen LogP contribution in [0.25, 0.3) is 0 Å². The third kappa shape index (κ3) is 7.15. The zero-order chi connectivity index (χ0) is 22.1. The van der Waals surface area contributed by atoms with E-state index < -0.39 is 16.1 Å². The van der Waals surface area contributed by atoms with Gasteiger partial charge in [-0.15, -0.1) is 0 Å². The first-order valence-electron chi connectivity index (χ1n) is 10.1. The number of hydrogen-bond acceptors (Lipinski definition) is 4. The van der Waals surface area contributed by atoms with E-state index in [2.05, 4.69) is 36.0 Å². The smallest absolute Gasteiger partial charge is 0.241 e. The number of aryl methyl sites for hydroxylation is 1. The highest BCUT2D eigenvalue weighted by molar-refractivity contribution is 7.98. The molecule has 0 spiro atoms. The zero-order valence-corrected chi connectivity index (χ0v) is 19.7. The van der Waals surface area contributed by atoms with Gasteiger partial charge in [-0.25, -0.2) is 8.42 Å². The van der Waals surface area contributed by atoms with Crippen molar-refractivity contribution in [2.75, 3.05) is 18.6 Å². The van der Waals surface area contributed by atoms with E-state index in [0.717, 1.165) is 11.1 Å². The Balaban J connectivity index is 2.11. The van der Waals surface area contributed by atoms with Gasteiger partial charge in [0.25, 0.3) is 0 Å². The van der Waals surface area contributed by atoms with Gasteiger partial charge in [-0.1, -0.05) is 61.9 Å². The summed E-state index contributed by atoms with van der Waals surface area (Å²) in [5, 5.41) is 2.98. The van der Waals surface area contributed by atoms with Crippen molar-refractivity contribution in [1.82, 2.24) is 10.0 Å². The molecular formula is C23H32N2O3S2. The average Bonchev–Trinajstić information content (AvgIpc) is 2.72. The van der Waals surface area contributed by atoms with Crippen molar-refractivity contribution in [3.8, 4) is 0 Å². The van der Waals surface area contributed by atoms with E-state index >= 15 is 0 Å². The summed E-state index contributed by atoms with van der Waals surface area (Å²) in [6.45, 7) is 6.60. The third-order valence-electron chi connectivity index (χ3n) is 5.08. The van der Waals surface area contributed by atoms with Crippen LogP contribution in [0.5, 0.6) is 0 Å². The molecular weight excluding hydrogens is 416 g/mol. The molecule has 2 rings (SSSR count). The van der Waals surface area contributed by atoms with Gasteiger partial charge < -0.3 is 5.32 Å². The van der Waals surface area contributed by atoms with Crippen LogP contribution in [0.15, 0.2) is 59.5 Å². The predicted octanol–water partition coefficient (Wildman–Crippen LogP) is 3.95. The fourth-order valence-corrected chi connectivity index (χ4v) is 4.93. The van der Waals surface area contributed by atoms with Gasteiger partial charge in [-0.05, 0) is 49.0 Å². The second kappa shape index (κ2) is 11.5. The Morgan fingerprint density at radius 2 is 1.67 bits per heavy atom. The summed E-state index contributed by atoms with van der Waals surface area (Å²) in [5.74, 6) is 0.883. The largest absolute Gasteiger partial charge is 0.354 e. The Morgan fingerprint density at radius 3 is 2.23 bits per heavy atom. The first-order valence-corrected chi connectivity index (χ1v) is 13.0.